The molecule has 0 spiro atoms. The predicted octanol–water partition coefficient (Wildman–Crippen LogP) is 2.16. The van der Waals surface area contributed by atoms with Gasteiger partial charge in [-0.15, -0.1) is 0 Å². The Bertz CT molecular complexity index is 332. The van der Waals surface area contributed by atoms with Crippen LogP contribution in [0, 0.1) is 17.8 Å². The van der Waals surface area contributed by atoms with Crippen LogP contribution in [0.15, 0.2) is 0 Å². The highest BCUT2D eigenvalue weighted by Gasteiger charge is 2.44. The van der Waals surface area contributed by atoms with Gasteiger partial charge in [-0.1, -0.05) is 6.42 Å². The molecule has 6 heteroatoms. The average molecular weight is 278 g/mol. The maximum Gasteiger partial charge on any atom is 0.393 e. The van der Waals surface area contributed by atoms with Gasteiger partial charge in [0.1, 0.15) is 0 Å². The number of amides is 1. The summed E-state index contributed by atoms with van der Waals surface area (Å²) in [6.07, 6.45) is -0.970. The number of alkyl halides is 3. The first-order valence-electron chi connectivity index (χ1n) is 6.99. The quantitative estimate of drug-likeness (QED) is 0.841. The molecule has 0 aromatic rings. The Morgan fingerprint density at radius 2 is 1.95 bits per heavy atom. The van der Waals surface area contributed by atoms with Crippen molar-refractivity contribution in [2.45, 2.75) is 38.3 Å². The SMILES string of the molecule is NC[C@H]1CCC[C@H]1C(=O)N1CCCC(C(F)(F)F)C1. The molecule has 2 aliphatic rings. The molecule has 1 aliphatic heterocycles. The van der Waals surface area contributed by atoms with Crippen molar-refractivity contribution < 1.29 is 18.0 Å². The lowest BCUT2D eigenvalue weighted by molar-refractivity contribution is -0.188. The van der Waals surface area contributed by atoms with Gasteiger partial charge in [0.25, 0.3) is 0 Å². The van der Waals surface area contributed by atoms with E-state index in [4.69, 9.17) is 5.73 Å². The Morgan fingerprint density at radius 1 is 1.21 bits per heavy atom. The summed E-state index contributed by atoms with van der Waals surface area (Å²) in [5, 5.41) is 0. The Morgan fingerprint density at radius 3 is 2.58 bits per heavy atom. The largest absolute Gasteiger partial charge is 0.393 e. The van der Waals surface area contributed by atoms with E-state index in [1.807, 2.05) is 0 Å². The van der Waals surface area contributed by atoms with Crippen molar-refractivity contribution in [1.29, 1.82) is 0 Å². The number of hydrogen-bond acceptors (Lipinski definition) is 2. The first-order valence-corrected chi connectivity index (χ1v) is 6.99. The minimum absolute atomic E-state index is 0.109. The second kappa shape index (κ2) is 5.69. The fourth-order valence-electron chi connectivity index (χ4n) is 3.32. The number of likely N-dealkylation sites (tertiary alicyclic amines) is 1. The third kappa shape index (κ3) is 3.22. The van der Waals surface area contributed by atoms with E-state index in [-0.39, 0.29) is 30.7 Å². The standard InChI is InChI=1S/C13H21F3N2O/c14-13(15,16)10-4-2-6-18(8-10)12(19)11-5-1-3-9(11)7-17/h9-11H,1-8,17H2/t9-,10?,11-/m1/s1. The average Bonchev–Trinajstić information content (AvgIpc) is 2.85. The third-order valence-corrected chi connectivity index (χ3v) is 4.47. The van der Waals surface area contributed by atoms with Crippen molar-refractivity contribution in [2.75, 3.05) is 19.6 Å². The number of nitrogens with zero attached hydrogens (tertiary/aromatic N) is 1. The maximum absolute atomic E-state index is 12.7. The van der Waals surface area contributed by atoms with Crippen molar-refractivity contribution in [1.82, 2.24) is 4.90 Å². The normalized spacial score (nSPS) is 32.6. The number of piperidine rings is 1. The molecule has 1 saturated heterocycles. The van der Waals surface area contributed by atoms with Gasteiger partial charge in [-0.3, -0.25) is 4.79 Å². The molecule has 19 heavy (non-hydrogen) atoms. The van der Waals surface area contributed by atoms with Gasteiger partial charge < -0.3 is 10.6 Å². The molecule has 0 aromatic heterocycles. The van der Waals surface area contributed by atoms with Gasteiger partial charge in [0.15, 0.2) is 0 Å². The summed E-state index contributed by atoms with van der Waals surface area (Å²) in [6.45, 7) is 0.738. The van der Waals surface area contributed by atoms with Gasteiger partial charge >= 0.3 is 6.18 Å². The molecule has 3 nitrogen and oxygen atoms in total. The van der Waals surface area contributed by atoms with Crippen LogP contribution in [0.25, 0.3) is 0 Å². The molecule has 0 radical (unpaired) electrons. The molecule has 0 bridgehead atoms. The van der Waals surface area contributed by atoms with Crippen LogP contribution in [0.4, 0.5) is 13.2 Å². The lowest BCUT2D eigenvalue weighted by atomic mass is 9.91. The van der Waals surface area contributed by atoms with Crippen molar-refractivity contribution in [2.24, 2.45) is 23.5 Å². The van der Waals surface area contributed by atoms with Crippen LogP contribution in [-0.2, 0) is 4.79 Å². The van der Waals surface area contributed by atoms with Crippen LogP contribution < -0.4 is 5.73 Å². The zero-order chi connectivity index (χ0) is 14.0. The predicted molar refractivity (Wildman–Crippen MR) is 65.2 cm³/mol. The van der Waals surface area contributed by atoms with Gasteiger partial charge in [0, 0.05) is 19.0 Å². The second-order valence-electron chi connectivity index (χ2n) is 5.70. The Kier molecular flexibility index (Phi) is 4.38. The number of nitrogens with two attached hydrogens (primary N) is 1. The van der Waals surface area contributed by atoms with E-state index in [0.717, 1.165) is 19.3 Å². The molecule has 0 aromatic carbocycles. The van der Waals surface area contributed by atoms with Crippen LogP contribution >= 0.6 is 0 Å². The van der Waals surface area contributed by atoms with Gasteiger partial charge in [-0.05, 0) is 38.1 Å². The number of carbonyl (C=O) groups excluding carboxylic acids is 1. The summed E-state index contributed by atoms with van der Waals surface area (Å²) in [7, 11) is 0. The van der Waals surface area contributed by atoms with Gasteiger partial charge in [0.2, 0.25) is 5.91 Å². The lowest BCUT2D eigenvalue weighted by Crippen LogP contribution is -2.47. The van der Waals surface area contributed by atoms with E-state index in [2.05, 4.69) is 0 Å². The summed E-state index contributed by atoms with van der Waals surface area (Å²) in [4.78, 5) is 13.8. The summed E-state index contributed by atoms with van der Waals surface area (Å²) >= 11 is 0. The summed E-state index contributed by atoms with van der Waals surface area (Å²) < 4.78 is 38.2. The molecule has 1 aliphatic carbocycles. The Balaban J connectivity index is 1.99. The molecule has 1 unspecified atom stereocenters. The van der Waals surface area contributed by atoms with E-state index in [1.165, 1.54) is 4.90 Å². The Hall–Kier alpha value is -0.780. The molecular weight excluding hydrogens is 257 g/mol. The molecule has 1 heterocycles. The molecule has 2 rings (SSSR count). The monoisotopic (exact) mass is 278 g/mol. The van der Waals surface area contributed by atoms with E-state index < -0.39 is 12.1 Å². The van der Waals surface area contributed by atoms with Crippen LogP contribution in [0.1, 0.15) is 32.1 Å². The minimum atomic E-state index is -4.19. The van der Waals surface area contributed by atoms with Crippen molar-refractivity contribution >= 4 is 5.91 Å². The maximum atomic E-state index is 12.7. The number of rotatable bonds is 2. The number of hydrogen-bond donors (Lipinski definition) is 1. The van der Waals surface area contributed by atoms with Gasteiger partial charge in [0.05, 0.1) is 5.92 Å². The minimum Gasteiger partial charge on any atom is -0.342 e. The molecule has 2 N–H and O–H groups in total. The highest BCUT2D eigenvalue weighted by molar-refractivity contribution is 5.79. The summed E-state index contributed by atoms with van der Waals surface area (Å²) in [6, 6.07) is 0. The van der Waals surface area contributed by atoms with Gasteiger partial charge in [-0.2, -0.15) is 13.2 Å². The molecule has 110 valence electrons. The fourth-order valence-corrected chi connectivity index (χ4v) is 3.32. The smallest absolute Gasteiger partial charge is 0.342 e. The summed E-state index contributed by atoms with van der Waals surface area (Å²) in [5.41, 5.74) is 5.64. The number of halogens is 3. The van der Waals surface area contributed by atoms with E-state index in [0.29, 0.717) is 19.5 Å². The van der Waals surface area contributed by atoms with Crippen molar-refractivity contribution in [3.63, 3.8) is 0 Å². The van der Waals surface area contributed by atoms with E-state index in [1.54, 1.807) is 0 Å². The fraction of sp³-hybridized carbons (Fsp3) is 0.923. The van der Waals surface area contributed by atoms with E-state index in [9.17, 15) is 18.0 Å². The van der Waals surface area contributed by atoms with Crippen LogP contribution in [-0.4, -0.2) is 36.6 Å². The van der Waals surface area contributed by atoms with Crippen LogP contribution in [0.3, 0.4) is 0 Å². The zero-order valence-electron chi connectivity index (χ0n) is 11.0. The van der Waals surface area contributed by atoms with Crippen molar-refractivity contribution in [3.05, 3.63) is 0 Å². The summed E-state index contributed by atoms with van der Waals surface area (Å²) in [5.74, 6) is -1.47. The molecule has 2 fully saturated rings. The van der Waals surface area contributed by atoms with Crippen LogP contribution in [0.5, 0.6) is 0 Å². The first-order chi connectivity index (χ1) is 8.93. The zero-order valence-corrected chi connectivity index (χ0v) is 11.0. The first kappa shape index (κ1) is 14.6. The molecule has 1 saturated carbocycles. The molecular formula is C13H21F3N2O. The topological polar surface area (TPSA) is 46.3 Å². The highest BCUT2D eigenvalue weighted by Crippen LogP contribution is 2.36. The lowest BCUT2D eigenvalue weighted by Gasteiger charge is -2.36. The van der Waals surface area contributed by atoms with Crippen molar-refractivity contribution in [3.8, 4) is 0 Å². The van der Waals surface area contributed by atoms with Crippen LogP contribution in [0.2, 0.25) is 0 Å². The third-order valence-electron chi connectivity index (χ3n) is 4.47. The van der Waals surface area contributed by atoms with E-state index >= 15 is 0 Å². The van der Waals surface area contributed by atoms with Gasteiger partial charge in [-0.25, -0.2) is 0 Å². The number of carbonyl (C=O) groups is 1. The molecule has 1 amide bonds. The Labute approximate surface area is 111 Å². The molecule has 3 atom stereocenters. The highest BCUT2D eigenvalue weighted by atomic mass is 19.4. The second-order valence-corrected chi connectivity index (χ2v) is 5.70.